The number of hydrogen-bond acceptors (Lipinski definition) is 2. The highest BCUT2D eigenvalue weighted by Crippen LogP contribution is 1.75. The second-order valence-corrected chi connectivity index (χ2v) is 2.79. The molecule has 0 aromatic carbocycles. The molecule has 0 aliphatic rings. The van der Waals surface area contributed by atoms with Crippen molar-refractivity contribution in [3.63, 3.8) is 0 Å². The van der Waals surface area contributed by atoms with E-state index in [1.807, 2.05) is 0 Å². The van der Waals surface area contributed by atoms with Gasteiger partial charge in [0.05, 0.1) is 0 Å². The number of rotatable bonds is 3. The molecule has 0 fully saturated rings. The van der Waals surface area contributed by atoms with Gasteiger partial charge in [-0.25, -0.2) is 0 Å². The Kier molecular flexibility index (Phi) is 4.30. The van der Waals surface area contributed by atoms with Gasteiger partial charge >= 0.3 is 0 Å². The average Bonchev–Trinajstić information content (AvgIpc) is 1.66. The van der Waals surface area contributed by atoms with Gasteiger partial charge in [0, 0.05) is 34.3 Å². The van der Waals surface area contributed by atoms with E-state index in [-0.39, 0.29) is 0 Å². The van der Waals surface area contributed by atoms with Gasteiger partial charge in [-0.3, -0.25) is 4.21 Å². The summed E-state index contributed by atoms with van der Waals surface area (Å²) in [6.07, 6.45) is 1.58. The van der Waals surface area contributed by atoms with Crippen LogP contribution in [0.25, 0.3) is 10.4 Å². The molecule has 1 atom stereocenters. The van der Waals surface area contributed by atoms with Crippen LogP contribution >= 0.6 is 0 Å². The summed E-state index contributed by atoms with van der Waals surface area (Å²) in [7, 11) is -0.832. The van der Waals surface area contributed by atoms with Gasteiger partial charge in [0.2, 0.25) is 0 Å². The normalized spacial score (nSPS) is 12.1. The van der Waals surface area contributed by atoms with E-state index in [0.29, 0.717) is 12.3 Å². The van der Waals surface area contributed by atoms with E-state index in [1.54, 1.807) is 6.26 Å². The van der Waals surface area contributed by atoms with Crippen LogP contribution in [0.1, 0.15) is 0 Å². The lowest BCUT2D eigenvalue weighted by Crippen LogP contribution is -1.95. The van der Waals surface area contributed by atoms with E-state index < -0.39 is 10.8 Å². The van der Waals surface area contributed by atoms with Crippen molar-refractivity contribution in [2.24, 2.45) is 5.11 Å². The van der Waals surface area contributed by atoms with Crippen molar-refractivity contribution in [3.8, 4) is 0 Å². The topological polar surface area (TPSA) is 65.8 Å². The molecule has 0 unspecified atom stereocenters. The predicted octanol–water partition coefficient (Wildman–Crippen LogP) is 0.675. The molecular weight excluding hydrogens is 126 g/mol. The third-order valence-corrected chi connectivity index (χ3v) is 1.30. The molecule has 8 heavy (non-hydrogen) atoms. The highest BCUT2D eigenvalue weighted by Gasteiger charge is 1.84. The molecule has 0 saturated carbocycles. The van der Waals surface area contributed by atoms with Crippen LogP contribution in [0.5, 0.6) is 0 Å². The lowest BCUT2D eigenvalue weighted by Gasteiger charge is -1.83. The molecule has 0 N–H and O–H groups in total. The van der Waals surface area contributed by atoms with E-state index in [2.05, 4.69) is 10.0 Å². The number of nitrogens with zero attached hydrogens (tertiary/aromatic N) is 3. The zero-order valence-electron chi connectivity index (χ0n) is 4.57. The first kappa shape index (κ1) is 7.46. The maximum Gasteiger partial charge on any atom is 0.0373 e. The molecule has 0 radical (unpaired) electrons. The quantitative estimate of drug-likeness (QED) is 0.317. The molecule has 0 heterocycles. The van der Waals surface area contributed by atoms with E-state index in [9.17, 15) is 4.21 Å². The zero-order valence-corrected chi connectivity index (χ0v) is 5.39. The van der Waals surface area contributed by atoms with Crippen molar-refractivity contribution < 1.29 is 4.21 Å². The third kappa shape index (κ3) is 5.46. The Labute approximate surface area is 50.0 Å². The molecule has 0 bridgehead atoms. The summed E-state index contributed by atoms with van der Waals surface area (Å²) < 4.78 is 10.2. The van der Waals surface area contributed by atoms with Gasteiger partial charge in [0.1, 0.15) is 0 Å². The van der Waals surface area contributed by atoms with Crippen LogP contribution in [0.3, 0.4) is 0 Å². The Balaban J connectivity index is 3.18. The molecule has 0 aromatic heterocycles. The standard InChI is InChI=1S/C3H7N3OS/c1-8(7)3-2-5-6-4/h2-3H2,1H3/t8-/m0/s1. The van der Waals surface area contributed by atoms with Gasteiger partial charge in [-0.2, -0.15) is 0 Å². The summed E-state index contributed by atoms with van der Waals surface area (Å²) in [6.45, 7) is 0.333. The minimum atomic E-state index is -0.832. The minimum absolute atomic E-state index is 0.333. The summed E-state index contributed by atoms with van der Waals surface area (Å²) in [5, 5.41) is 3.20. The largest absolute Gasteiger partial charge is 0.260 e. The molecule has 4 nitrogen and oxygen atoms in total. The van der Waals surface area contributed by atoms with Crippen molar-refractivity contribution >= 4 is 10.8 Å². The zero-order chi connectivity index (χ0) is 6.41. The van der Waals surface area contributed by atoms with E-state index >= 15 is 0 Å². The molecule has 0 saturated heterocycles. The van der Waals surface area contributed by atoms with Gasteiger partial charge in [-0.05, 0) is 5.53 Å². The molecule has 0 rings (SSSR count). The first-order valence-corrected chi connectivity index (χ1v) is 3.81. The molecule has 0 aliphatic carbocycles. The van der Waals surface area contributed by atoms with Gasteiger partial charge in [-0.15, -0.1) is 0 Å². The number of azide groups is 1. The van der Waals surface area contributed by atoms with Crippen molar-refractivity contribution in [2.75, 3.05) is 18.6 Å². The smallest absolute Gasteiger partial charge is 0.0373 e. The summed E-state index contributed by atoms with van der Waals surface area (Å²) in [5.74, 6) is 0.462. The fourth-order valence-corrected chi connectivity index (χ4v) is 0.553. The minimum Gasteiger partial charge on any atom is -0.260 e. The summed E-state index contributed by atoms with van der Waals surface area (Å²) in [5.41, 5.74) is 7.74. The second-order valence-electron chi connectivity index (χ2n) is 1.23. The SMILES string of the molecule is C[S@](=O)CCN=[N+]=[N-]. The van der Waals surface area contributed by atoms with E-state index in [0.717, 1.165) is 0 Å². The summed E-state index contributed by atoms with van der Waals surface area (Å²) in [6, 6.07) is 0. The Morgan fingerprint density at radius 3 is 2.88 bits per heavy atom. The van der Waals surface area contributed by atoms with Crippen molar-refractivity contribution in [2.45, 2.75) is 0 Å². The van der Waals surface area contributed by atoms with Crippen LogP contribution in [-0.2, 0) is 10.8 Å². The predicted molar refractivity (Wildman–Crippen MR) is 32.9 cm³/mol. The highest BCUT2D eigenvalue weighted by molar-refractivity contribution is 7.84. The maximum absolute atomic E-state index is 10.2. The summed E-state index contributed by atoms with van der Waals surface area (Å²) >= 11 is 0. The second kappa shape index (κ2) is 4.61. The Hall–Kier alpha value is -0.540. The molecule has 0 amide bonds. The van der Waals surface area contributed by atoms with Gasteiger partial charge < -0.3 is 0 Å². The van der Waals surface area contributed by atoms with Gasteiger partial charge in [0.25, 0.3) is 0 Å². The van der Waals surface area contributed by atoms with Crippen LogP contribution in [0.15, 0.2) is 5.11 Å². The van der Waals surface area contributed by atoms with Gasteiger partial charge in [-0.1, -0.05) is 5.11 Å². The first-order chi connectivity index (χ1) is 3.77. The highest BCUT2D eigenvalue weighted by atomic mass is 32.2. The van der Waals surface area contributed by atoms with Crippen LogP contribution in [0.2, 0.25) is 0 Å². The lowest BCUT2D eigenvalue weighted by atomic mass is 10.8. The lowest BCUT2D eigenvalue weighted by molar-refractivity contribution is 0.686. The molecule has 46 valence electrons. The maximum atomic E-state index is 10.2. The molecule has 5 heteroatoms. The van der Waals surface area contributed by atoms with Crippen LogP contribution in [0.4, 0.5) is 0 Å². The van der Waals surface area contributed by atoms with E-state index in [1.165, 1.54) is 0 Å². The van der Waals surface area contributed by atoms with Crippen LogP contribution < -0.4 is 0 Å². The van der Waals surface area contributed by atoms with Gasteiger partial charge in [0.15, 0.2) is 0 Å². The van der Waals surface area contributed by atoms with Crippen molar-refractivity contribution in [3.05, 3.63) is 10.4 Å². The monoisotopic (exact) mass is 133 g/mol. The fourth-order valence-electron chi connectivity index (χ4n) is 0.214. The van der Waals surface area contributed by atoms with E-state index in [4.69, 9.17) is 5.53 Å². The summed E-state index contributed by atoms with van der Waals surface area (Å²) in [4.78, 5) is 2.50. The van der Waals surface area contributed by atoms with Crippen LogP contribution in [0, 0.1) is 0 Å². The third-order valence-electron chi connectivity index (χ3n) is 0.542. The molecular formula is C3H7N3OS. The average molecular weight is 133 g/mol. The molecule has 0 spiro atoms. The first-order valence-electron chi connectivity index (χ1n) is 2.08. The van der Waals surface area contributed by atoms with Crippen molar-refractivity contribution in [1.29, 1.82) is 0 Å². The Morgan fingerprint density at radius 1 is 1.88 bits per heavy atom. The fraction of sp³-hybridized carbons (Fsp3) is 1.00. The number of hydrogen-bond donors (Lipinski definition) is 0. The Morgan fingerprint density at radius 2 is 2.50 bits per heavy atom. The van der Waals surface area contributed by atoms with Crippen molar-refractivity contribution in [1.82, 2.24) is 0 Å². The van der Waals surface area contributed by atoms with Crippen LogP contribution in [-0.4, -0.2) is 22.8 Å². The molecule has 0 aromatic rings. The Bertz CT molecular complexity index is 126. The molecule has 0 aliphatic heterocycles.